The summed E-state index contributed by atoms with van der Waals surface area (Å²) in [6.07, 6.45) is 7.71. The van der Waals surface area contributed by atoms with Gasteiger partial charge >= 0.3 is 0 Å². The van der Waals surface area contributed by atoms with Crippen LogP contribution in [-0.2, 0) is 6.54 Å². The molecule has 1 heterocycles. The van der Waals surface area contributed by atoms with Gasteiger partial charge in [-0.05, 0) is 34.1 Å². The van der Waals surface area contributed by atoms with E-state index in [1.807, 2.05) is 12.5 Å². The molecule has 0 saturated carbocycles. The predicted octanol–water partition coefficient (Wildman–Crippen LogP) is 3.52. The number of imidazole rings is 1. The molecule has 0 fully saturated rings. The van der Waals surface area contributed by atoms with E-state index in [1.54, 1.807) is 0 Å². The van der Waals surface area contributed by atoms with E-state index in [9.17, 15) is 0 Å². The molecule has 1 aromatic rings. The number of hydrogen-bond acceptors (Lipinski definition) is 2. The van der Waals surface area contributed by atoms with E-state index in [1.165, 1.54) is 25.0 Å². The standard InChI is InChI=1S/C14H27N3/c1-6-7-8-12(2)17-11-15-9-13(17)10-16-14(3,4)5/h9,11-12,16H,6-8,10H2,1-5H3. The van der Waals surface area contributed by atoms with Gasteiger partial charge < -0.3 is 9.88 Å². The van der Waals surface area contributed by atoms with Crippen LogP contribution >= 0.6 is 0 Å². The average molecular weight is 237 g/mol. The van der Waals surface area contributed by atoms with Crippen LogP contribution in [0.25, 0.3) is 0 Å². The van der Waals surface area contributed by atoms with Crippen LogP contribution in [0.15, 0.2) is 12.5 Å². The fourth-order valence-electron chi connectivity index (χ4n) is 1.86. The number of hydrogen-bond donors (Lipinski definition) is 1. The van der Waals surface area contributed by atoms with E-state index in [-0.39, 0.29) is 5.54 Å². The molecule has 1 atom stereocenters. The Labute approximate surface area is 106 Å². The first-order valence-electron chi connectivity index (χ1n) is 6.69. The van der Waals surface area contributed by atoms with Crippen molar-refractivity contribution >= 4 is 0 Å². The first-order valence-corrected chi connectivity index (χ1v) is 6.69. The van der Waals surface area contributed by atoms with E-state index in [2.05, 4.69) is 49.5 Å². The first kappa shape index (κ1) is 14.2. The average Bonchev–Trinajstić information content (AvgIpc) is 2.70. The van der Waals surface area contributed by atoms with Gasteiger partial charge in [0.25, 0.3) is 0 Å². The lowest BCUT2D eigenvalue weighted by Crippen LogP contribution is -2.35. The Morgan fingerprint density at radius 1 is 1.41 bits per heavy atom. The minimum Gasteiger partial charge on any atom is -0.331 e. The SMILES string of the molecule is CCCCC(C)n1cncc1CNC(C)(C)C. The summed E-state index contributed by atoms with van der Waals surface area (Å²) >= 11 is 0. The van der Waals surface area contributed by atoms with Crippen LogP contribution in [0.2, 0.25) is 0 Å². The second-order valence-electron chi connectivity index (χ2n) is 5.89. The van der Waals surface area contributed by atoms with Crippen LogP contribution in [0.1, 0.15) is 65.6 Å². The summed E-state index contributed by atoms with van der Waals surface area (Å²) in [5, 5.41) is 3.51. The third-order valence-electron chi connectivity index (χ3n) is 3.00. The maximum atomic E-state index is 4.27. The zero-order valence-corrected chi connectivity index (χ0v) is 12.0. The Kier molecular flexibility index (Phi) is 5.19. The fraction of sp³-hybridized carbons (Fsp3) is 0.786. The van der Waals surface area contributed by atoms with Crippen molar-refractivity contribution in [1.82, 2.24) is 14.9 Å². The molecule has 17 heavy (non-hydrogen) atoms. The Morgan fingerprint density at radius 3 is 2.71 bits per heavy atom. The summed E-state index contributed by atoms with van der Waals surface area (Å²) in [7, 11) is 0. The van der Waals surface area contributed by atoms with Gasteiger partial charge in [0.05, 0.1) is 12.0 Å². The van der Waals surface area contributed by atoms with Gasteiger partial charge in [-0.2, -0.15) is 0 Å². The molecule has 0 bridgehead atoms. The zero-order valence-electron chi connectivity index (χ0n) is 12.0. The number of rotatable bonds is 6. The summed E-state index contributed by atoms with van der Waals surface area (Å²) in [5.74, 6) is 0. The van der Waals surface area contributed by atoms with Gasteiger partial charge in [-0.1, -0.05) is 19.8 Å². The molecular weight excluding hydrogens is 210 g/mol. The third kappa shape index (κ3) is 4.90. The number of nitrogens with one attached hydrogen (secondary N) is 1. The van der Waals surface area contributed by atoms with Gasteiger partial charge in [-0.25, -0.2) is 4.98 Å². The van der Waals surface area contributed by atoms with Crippen LogP contribution in [0, 0.1) is 0 Å². The molecule has 0 amide bonds. The van der Waals surface area contributed by atoms with E-state index >= 15 is 0 Å². The molecule has 0 spiro atoms. The molecule has 0 radical (unpaired) electrons. The number of unbranched alkanes of at least 4 members (excludes halogenated alkanes) is 1. The Morgan fingerprint density at radius 2 is 2.12 bits per heavy atom. The van der Waals surface area contributed by atoms with Gasteiger partial charge in [0.1, 0.15) is 0 Å². The van der Waals surface area contributed by atoms with Crippen molar-refractivity contribution in [1.29, 1.82) is 0 Å². The molecule has 98 valence electrons. The minimum atomic E-state index is 0.155. The van der Waals surface area contributed by atoms with E-state index in [0.717, 1.165) is 6.54 Å². The minimum absolute atomic E-state index is 0.155. The fourth-order valence-corrected chi connectivity index (χ4v) is 1.86. The summed E-state index contributed by atoms with van der Waals surface area (Å²) in [5.41, 5.74) is 1.44. The Balaban J connectivity index is 2.59. The van der Waals surface area contributed by atoms with Gasteiger partial charge in [0.2, 0.25) is 0 Å². The highest BCUT2D eigenvalue weighted by atomic mass is 15.1. The van der Waals surface area contributed by atoms with Crippen molar-refractivity contribution in [2.75, 3.05) is 0 Å². The number of nitrogens with zero attached hydrogens (tertiary/aromatic N) is 2. The van der Waals surface area contributed by atoms with Gasteiger partial charge in [0.15, 0.2) is 0 Å². The van der Waals surface area contributed by atoms with Crippen LogP contribution < -0.4 is 5.32 Å². The summed E-state index contributed by atoms with van der Waals surface area (Å²) in [6.45, 7) is 12.0. The van der Waals surface area contributed by atoms with E-state index < -0.39 is 0 Å². The molecule has 1 unspecified atom stereocenters. The normalized spacial score (nSPS) is 13.9. The molecule has 3 heteroatoms. The van der Waals surface area contributed by atoms with E-state index in [4.69, 9.17) is 0 Å². The van der Waals surface area contributed by atoms with Crippen molar-refractivity contribution in [2.24, 2.45) is 0 Å². The molecular formula is C14H27N3. The number of aromatic nitrogens is 2. The van der Waals surface area contributed by atoms with Crippen molar-refractivity contribution in [3.8, 4) is 0 Å². The highest BCUT2D eigenvalue weighted by Gasteiger charge is 2.12. The lowest BCUT2D eigenvalue weighted by Gasteiger charge is -2.22. The highest BCUT2D eigenvalue weighted by Crippen LogP contribution is 2.17. The molecule has 0 aliphatic rings. The largest absolute Gasteiger partial charge is 0.331 e. The predicted molar refractivity (Wildman–Crippen MR) is 73.1 cm³/mol. The molecule has 1 rings (SSSR count). The molecule has 0 saturated heterocycles. The smallest absolute Gasteiger partial charge is 0.0951 e. The van der Waals surface area contributed by atoms with Crippen LogP contribution in [-0.4, -0.2) is 15.1 Å². The van der Waals surface area contributed by atoms with Gasteiger partial charge in [-0.3, -0.25) is 0 Å². The second kappa shape index (κ2) is 6.20. The third-order valence-corrected chi connectivity index (χ3v) is 3.00. The van der Waals surface area contributed by atoms with Gasteiger partial charge in [0, 0.05) is 24.3 Å². The lowest BCUT2D eigenvalue weighted by atomic mass is 10.1. The molecule has 1 N–H and O–H groups in total. The van der Waals surface area contributed by atoms with Gasteiger partial charge in [-0.15, -0.1) is 0 Å². The topological polar surface area (TPSA) is 29.9 Å². The monoisotopic (exact) mass is 237 g/mol. The molecule has 0 aromatic carbocycles. The summed E-state index contributed by atoms with van der Waals surface area (Å²) in [6, 6.07) is 0.550. The highest BCUT2D eigenvalue weighted by molar-refractivity contribution is 5.00. The molecule has 3 nitrogen and oxygen atoms in total. The van der Waals surface area contributed by atoms with E-state index in [0.29, 0.717) is 6.04 Å². The van der Waals surface area contributed by atoms with Crippen LogP contribution in [0.3, 0.4) is 0 Å². The molecule has 0 aliphatic carbocycles. The zero-order chi connectivity index (χ0) is 12.9. The Bertz CT molecular complexity index is 322. The summed E-state index contributed by atoms with van der Waals surface area (Å²) in [4.78, 5) is 4.27. The van der Waals surface area contributed by atoms with Crippen LogP contribution in [0.5, 0.6) is 0 Å². The maximum Gasteiger partial charge on any atom is 0.0951 e. The second-order valence-corrected chi connectivity index (χ2v) is 5.89. The summed E-state index contributed by atoms with van der Waals surface area (Å²) < 4.78 is 2.30. The van der Waals surface area contributed by atoms with Crippen molar-refractivity contribution < 1.29 is 0 Å². The molecule has 0 aliphatic heterocycles. The first-order chi connectivity index (χ1) is 7.94. The van der Waals surface area contributed by atoms with Crippen molar-refractivity contribution in [3.63, 3.8) is 0 Å². The van der Waals surface area contributed by atoms with Crippen LogP contribution in [0.4, 0.5) is 0 Å². The quantitative estimate of drug-likeness (QED) is 0.820. The lowest BCUT2D eigenvalue weighted by molar-refractivity contribution is 0.403. The van der Waals surface area contributed by atoms with Crippen molar-refractivity contribution in [3.05, 3.63) is 18.2 Å². The molecule has 1 aromatic heterocycles. The Hall–Kier alpha value is -0.830. The maximum absolute atomic E-state index is 4.27. The van der Waals surface area contributed by atoms with Crippen molar-refractivity contribution in [2.45, 2.75) is 72.0 Å².